The first-order valence-corrected chi connectivity index (χ1v) is 6.29. The fourth-order valence-electron chi connectivity index (χ4n) is 1.39. The molecule has 3 nitrogen and oxygen atoms in total. The van der Waals surface area contributed by atoms with Crippen LogP contribution in [-0.4, -0.2) is 31.5 Å². The Morgan fingerprint density at radius 1 is 1.47 bits per heavy atom. The van der Waals surface area contributed by atoms with E-state index in [0.717, 1.165) is 0 Å². The molecule has 0 saturated carbocycles. The number of rotatable bonds is 5. The van der Waals surface area contributed by atoms with Crippen LogP contribution in [0.3, 0.4) is 0 Å². The molecule has 1 aromatic rings. The monoisotopic (exact) mass is 285 g/mol. The fourth-order valence-corrected chi connectivity index (χ4v) is 1.63. The summed E-state index contributed by atoms with van der Waals surface area (Å²) in [6.07, 6.45) is 1.11. The van der Waals surface area contributed by atoms with E-state index in [0.29, 0.717) is 34.7 Å². The van der Waals surface area contributed by atoms with Crippen LogP contribution in [-0.2, 0) is 0 Å². The molecule has 0 fully saturated rings. The summed E-state index contributed by atoms with van der Waals surface area (Å²) in [6, 6.07) is 4.79. The van der Waals surface area contributed by atoms with Crippen molar-refractivity contribution in [3.05, 3.63) is 40.7 Å². The molecule has 0 saturated heterocycles. The molecule has 0 N–H and O–H groups in total. The van der Waals surface area contributed by atoms with Crippen LogP contribution in [0, 0.1) is 0 Å². The van der Waals surface area contributed by atoms with E-state index in [1.807, 2.05) is 6.92 Å². The highest BCUT2D eigenvalue weighted by Crippen LogP contribution is 2.26. The molecule has 104 valence electrons. The Morgan fingerprint density at radius 3 is 2.63 bits per heavy atom. The number of carbonyl (C=O) groups is 1. The first kappa shape index (κ1) is 15.5. The SMILES string of the molecule is CC/C(=C/F)COc1ccc(C(=O)N(C)C)cc1Cl. The lowest BCUT2D eigenvalue weighted by atomic mass is 10.2. The van der Waals surface area contributed by atoms with Gasteiger partial charge in [-0.05, 0) is 30.2 Å². The average molecular weight is 286 g/mol. The van der Waals surface area contributed by atoms with E-state index in [9.17, 15) is 9.18 Å². The highest BCUT2D eigenvalue weighted by molar-refractivity contribution is 6.32. The molecule has 0 unspecified atom stereocenters. The van der Waals surface area contributed by atoms with Crippen molar-refractivity contribution in [1.82, 2.24) is 4.90 Å². The van der Waals surface area contributed by atoms with Gasteiger partial charge in [0.15, 0.2) is 0 Å². The zero-order valence-electron chi connectivity index (χ0n) is 11.2. The topological polar surface area (TPSA) is 29.5 Å². The van der Waals surface area contributed by atoms with Gasteiger partial charge in [-0.1, -0.05) is 18.5 Å². The van der Waals surface area contributed by atoms with Crippen LogP contribution >= 0.6 is 11.6 Å². The number of hydrogen-bond acceptors (Lipinski definition) is 2. The maximum absolute atomic E-state index is 12.4. The van der Waals surface area contributed by atoms with Gasteiger partial charge in [0, 0.05) is 19.7 Å². The lowest BCUT2D eigenvalue weighted by Gasteiger charge is -2.13. The van der Waals surface area contributed by atoms with E-state index >= 15 is 0 Å². The van der Waals surface area contributed by atoms with Crippen LogP contribution in [0.5, 0.6) is 5.75 Å². The molecule has 1 aromatic carbocycles. The lowest BCUT2D eigenvalue weighted by molar-refractivity contribution is 0.0827. The van der Waals surface area contributed by atoms with Crippen molar-refractivity contribution in [2.45, 2.75) is 13.3 Å². The average Bonchev–Trinajstić information content (AvgIpc) is 2.40. The quantitative estimate of drug-likeness (QED) is 0.826. The number of hydrogen-bond donors (Lipinski definition) is 0. The van der Waals surface area contributed by atoms with Crippen molar-refractivity contribution in [2.24, 2.45) is 0 Å². The second-order valence-corrected chi connectivity index (χ2v) is 4.66. The van der Waals surface area contributed by atoms with Crippen LogP contribution in [0.2, 0.25) is 5.02 Å². The lowest BCUT2D eigenvalue weighted by Crippen LogP contribution is -2.21. The second-order valence-electron chi connectivity index (χ2n) is 4.25. The third-order valence-electron chi connectivity index (χ3n) is 2.61. The summed E-state index contributed by atoms with van der Waals surface area (Å²) in [5.74, 6) is 0.302. The molecule has 0 bridgehead atoms. The third kappa shape index (κ3) is 4.24. The van der Waals surface area contributed by atoms with E-state index in [1.54, 1.807) is 32.3 Å². The molecule has 0 aliphatic rings. The minimum Gasteiger partial charge on any atom is -0.488 e. The molecule has 0 spiro atoms. The maximum atomic E-state index is 12.4. The van der Waals surface area contributed by atoms with Crippen LogP contribution in [0.1, 0.15) is 23.7 Å². The van der Waals surface area contributed by atoms with E-state index in [4.69, 9.17) is 16.3 Å². The minimum atomic E-state index is -0.133. The minimum absolute atomic E-state index is 0.133. The van der Waals surface area contributed by atoms with Gasteiger partial charge in [0.25, 0.3) is 5.91 Å². The largest absolute Gasteiger partial charge is 0.488 e. The molecule has 1 amide bonds. The van der Waals surface area contributed by atoms with Gasteiger partial charge in [-0.15, -0.1) is 0 Å². The van der Waals surface area contributed by atoms with Crippen LogP contribution < -0.4 is 4.74 Å². The predicted octanol–water partition coefficient (Wildman–Crippen LogP) is 3.68. The van der Waals surface area contributed by atoms with Gasteiger partial charge in [-0.25, -0.2) is 4.39 Å². The van der Waals surface area contributed by atoms with Crippen LogP contribution in [0.15, 0.2) is 30.1 Å². The summed E-state index contributed by atoms with van der Waals surface area (Å²) in [6.45, 7) is 1.99. The number of ether oxygens (including phenoxy) is 1. The van der Waals surface area contributed by atoms with Crippen molar-refractivity contribution in [1.29, 1.82) is 0 Å². The summed E-state index contributed by atoms with van der Waals surface area (Å²) >= 11 is 6.04. The molecule has 0 aliphatic heterocycles. The van der Waals surface area contributed by atoms with Gasteiger partial charge in [-0.2, -0.15) is 0 Å². The zero-order chi connectivity index (χ0) is 14.4. The van der Waals surface area contributed by atoms with Gasteiger partial charge in [0.2, 0.25) is 0 Å². The summed E-state index contributed by atoms with van der Waals surface area (Å²) in [5.41, 5.74) is 1.03. The highest BCUT2D eigenvalue weighted by atomic mass is 35.5. The van der Waals surface area contributed by atoms with Crippen molar-refractivity contribution in [2.75, 3.05) is 20.7 Å². The summed E-state index contributed by atoms with van der Waals surface area (Å²) in [5, 5.41) is 0.335. The maximum Gasteiger partial charge on any atom is 0.253 e. The summed E-state index contributed by atoms with van der Waals surface area (Å²) in [4.78, 5) is 13.2. The number of benzene rings is 1. The molecular weight excluding hydrogens is 269 g/mol. The molecule has 5 heteroatoms. The number of nitrogens with zero attached hydrogens (tertiary/aromatic N) is 1. The molecule has 0 aromatic heterocycles. The Hall–Kier alpha value is -1.55. The Kier molecular flexibility index (Phi) is 5.83. The van der Waals surface area contributed by atoms with E-state index < -0.39 is 0 Å². The van der Waals surface area contributed by atoms with Gasteiger partial charge < -0.3 is 9.64 Å². The molecule has 1 rings (SSSR count). The third-order valence-corrected chi connectivity index (χ3v) is 2.90. The van der Waals surface area contributed by atoms with Gasteiger partial charge in [0.1, 0.15) is 12.4 Å². The smallest absolute Gasteiger partial charge is 0.253 e. The van der Waals surface area contributed by atoms with Gasteiger partial charge in [0.05, 0.1) is 11.4 Å². The Morgan fingerprint density at radius 2 is 2.16 bits per heavy atom. The highest BCUT2D eigenvalue weighted by Gasteiger charge is 2.11. The number of amides is 1. The first-order valence-electron chi connectivity index (χ1n) is 5.91. The summed E-state index contributed by atoms with van der Waals surface area (Å²) < 4.78 is 17.8. The normalized spacial score (nSPS) is 11.3. The Bertz CT molecular complexity index is 486. The summed E-state index contributed by atoms with van der Waals surface area (Å²) in [7, 11) is 3.33. The molecule has 19 heavy (non-hydrogen) atoms. The number of halogens is 2. The predicted molar refractivity (Wildman–Crippen MR) is 74.4 cm³/mol. The molecule has 0 heterocycles. The van der Waals surface area contributed by atoms with Crippen LogP contribution in [0.4, 0.5) is 4.39 Å². The Balaban J connectivity index is 2.81. The van der Waals surface area contributed by atoms with Gasteiger partial charge >= 0.3 is 0 Å². The molecule has 0 aliphatic carbocycles. The standard InChI is InChI=1S/C14H17ClFNO2/c1-4-10(8-16)9-19-13-6-5-11(7-12(13)15)14(18)17(2)3/h5-8H,4,9H2,1-3H3/b10-8-. The van der Waals surface area contributed by atoms with E-state index in [2.05, 4.69) is 0 Å². The number of carbonyl (C=O) groups excluding carboxylic acids is 1. The first-order chi connectivity index (χ1) is 8.99. The zero-order valence-corrected chi connectivity index (χ0v) is 12.0. The fraction of sp³-hybridized carbons (Fsp3) is 0.357. The van der Waals surface area contributed by atoms with Gasteiger partial charge in [-0.3, -0.25) is 4.79 Å². The molecular formula is C14H17ClFNO2. The van der Waals surface area contributed by atoms with Crippen molar-refractivity contribution >= 4 is 17.5 Å². The van der Waals surface area contributed by atoms with Crippen molar-refractivity contribution < 1.29 is 13.9 Å². The van der Waals surface area contributed by atoms with Crippen molar-refractivity contribution in [3.8, 4) is 5.75 Å². The van der Waals surface area contributed by atoms with Crippen LogP contribution in [0.25, 0.3) is 0 Å². The molecule has 0 radical (unpaired) electrons. The van der Waals surface area contributed by atoms with E-state index in [1.165, 1.54) is 4.90 Å². The Labute approximate surface area is 117 Å². The van der Waals surface area contributed by atoms with E-state index in [-0.39, 0.29) is 12.5 Å². The molecule has 0 atom stereocenters. The van der Waals surface area contributed by atoms with Crippen molar-refractivity contribution in [3.63, 3.8) is 0 Å². The second kappa shape index (κ2) is 7.14.